The lowest BCUT2D eigenvalue weighted by atomic mass is 9.94. The monoisotopic (exact) mass is 794 g/mol. The number of carbonyl (C=O) groups excluding carboxylic acids is 2. The van der Waals surface area contributed by atoms with E-state index in [1.165, 1.54) is 141 Å². The Bertz CT molecular complexity index is 748. The first-order chi connectivity index (χ1) is 27.5. The van der Waals surface area contributed by atoms with Gasteiger partial charge in [-0.25, -0.2) is 0 Å². The van der Waals surface area contributed by atoms with Crippen LogP contribution in [0, 0.1) is 11.8 Å². The van der Waals surface area contributed by atoms with Crippen LogP contribution in [0.1, 0.15) is 259 Å². The highest BCUT2D eigenvalue weighted by atomic mass is 16.5. The molecule has 56 heavy (non-hydrogen) atoms. The summed E-state index contributed by atoms with van der Waals surface area (Å²) in [4.78, 5) is 28.7. The summed E-state index contributed by atoms with van der Waals surface area (Å²) in [5, 5.41) is 9.17. The summed E-state index contributed by atoms with van der Waals surface area (Å²) in [6, 6.07) is 0. The third-order valence-corrected chi connectivity index (χ3v) is 11.9. The van der Waals surface area contributed by atoms with Crippen molar-refractivity contribution in [1.29, 1.82) is 0 Å². The summed E-state index contributed by atoms with van der Waals surface area (Å²) in [7, 11) is 0. The van der Waals surface area contributed by atoms with Crippen molar-refractivity contribution in [2.45, 2.75) is 259 Å². The summed E-state index contributed by atoms with van der Waals surface area (Å²) in [5.41, 5.74) is 0. The predicted octanol–water partition coefficient (Wildman–Crippen LogP) is 14.7. The maximum Gasteiger partial charge on any atom is 0.308 e. The fourth-order valence-electron chi connectivity index (χ4n) is 8.04. The van der Waals surface area contributed by atoms with Crippen LogP contribution in [0.5, 0.6) is 0 Å². The minimum atomic E-state index is 0.0612. The van der Waals surface area contributed by atoms with Gasteiger partial charge in [-0.1, -0.05) is 195 Å². The molecular formula is C50H99NO5. The zero-order valence-corrected chi connectivity index (χ0v) is 38.4. The van der Waals surface area contributed by atoms with Crippen LogP contribution in [-0.2, 0) is 19.1 Å². The van der Waals surface area contributed by atoms with Crippen LogP contribution in [0.25, 0.3) is 0 Å². The predicted molar refractivity (Wildman–Crippen MR) is 241 cm³/mol. The van der Waals surface area contributed by atoms with Crippen LogP contribution in [-0.4, -0.2) is 61.4 Å². The molecular weight excluding hydrogens is 695 g/mol. The molecule has 334 valence electrons. The SMILES string of the molecule is CCCCCCCCC(CCCCCC)C(=O)OCCCCCCN(CCCCCCO)CCCCCCOC(=O)C(CCCCCC)CCCCCCCC. The smallest absolute Gasteiger partial charge is 0.308 e. The zero-order chi connectivity index (χ0) is 41.0. The van der Waals surface area contributed by atoms with Crippen molar-refractivity contribution >= 4 is 11.9 Å². The summed E-state index contributed by atoms with van der Waals surface area (Å²) >= 11 is 0. The number of aliphatic hydroxyl groups is 1. The van der Waals surface area contributed by atoms with Crippen molar-refractivity contribution in [3.63, 3.8) is 0 Å². The van der Waals surface area contributed by atoms with E-state index in [0.717, 1.165) is 110 Å². The van der Waals surface area contributed by atoms with Crippen LogP contribution < -0.4 is 0 Å². The number of carbonyl (C=O) groups is 2. The molecule has 0 saturated heterocycles. The van der Waals surface area contributed by atoms with Crippen molar-refractivity contribution in [2.24, 2.45) is 11.8 Å². The van der Waals surface area contributed by atoms with Gasteiger partial charge >= 0.3 is 11.9 Å². The van der Waals surface area contributed by atoms with Gasteiger partial charge in [0, 0.05) is 6.61 Å². The number of esters is 2. The molecule has 0 radical (unpaired) electrons. The molecule has 0 spiro atoms. The van der Waals surface area contributed by atoms with Crippen LogP contribution in [0.2, 0.25) is 0 Å². The van der Waals surface area contributed by atoms with Crippen LogP contribution in [0.4, 0.5) is 0 Å². The summed E-state index contributed by atoms with van der Waals surface area (Å²) in [6.07, 6.45) is 42.3. The Morgan fingerprint density at radius 1 is 0.375 bits per heavy atom. The largest absolute Gasteiger partial charge is 0.465 e. The topological polar surface area (TPSA) is 76.1 Å². The van der Waals surface area contributed by atoms with Gasteiger partial charge in [-0.3, -0.25) is 9.59 Å². The van der Waals surface area contributed by atoms with Gasteiger partial charge in [0.15, 0.2) is 0 Å². The molecule has 6 heteroatoms. The van der Waals surface area contributed by atoms with E-state index in [1.54, 1.807) is 0 Å². The first kappa shape index (κ1) is 54.9. The molecule has 0 saturated carbocycles. The van der Waals surface area contributed by atoms with Gasteiger partial charge < -0.3 is 19.5 Å². The lowest BCUT2D eigenvalue weighted by molar-refractivity contribution is -0.150. The summed E-state index contributed by atoms with van der Waals surface area (Å²) in [6.45, 7) is 13.9. The Morgan fingerprint density at radius 3 is 0.982 bits per heavy atom. The second-order valence-electron chi connectivity index (χ2n) is 17.3. The molecule has 0 fully saturated rings. The maximum atomic E-state index is 13.0. The van der Waals surface area contributed by atoms with Crippen molar-refractivity contribution in [3.05, 3.63) is 0 Å². The molecule has 0 bridgehead atoms. The Morgan fingerprint density at radius 2 is 0.643 bits per heavy atom. The quantitative estimate of drug-likeness (QED) is 0.0489. The van der Waals surface area contributed by atoms with Gasteiger partial charge in [-0.05, 0) is 83.8 Å². The second-order valence-corrected chi connectivity index (χ2v) is 17.3. The van der Waals surface area contributed by atoms with E-state index in [0.29, 0.717) is 19.8 Å². The number of aliphatic hydroxyl groups excluding tert-OH is 1. The molecule has 1 N–H and O–H groups in total. The molecule has 2 atom stereocenters. The highest BCUT2D eigenvalue weighted by Crippen LogP contribution is 2.22. The van der Waals surface area contributed by atoms with Crippen molar-refractivity contribution in [1.82, 2.24) is 4.90 Å². The molecule has 0 aliphatic rings. The van der Waals surface area contributed by atoms with Gasteiger partial charge in [-0.15, -0.1) is 0 Å². The first-order valence-electron chi connectivity index (χ1n) is 25.2. The Hall–Kier alpha value is -1.14. The Labute approximate surface area is 350 Å². The van der Waals surface area contributed by atoms with Crippen LogP contribution >= 0.6 is 0 Å². The Kier molecular flexibility index (Phi) is 44.0. The lowest BCUT2D eigenvalue weighted by Crippen LogP contribution is -2.27. The molecule has 0 heterocycles. The van der Waals surface area contributed by atoms with Crippen LogP contribution in [0.15, 0.2) is 0 Å². The molecule has 0 amide bonds. The molecule has 0 aliphatic heterocycles. The molecule has 6 nitrogen and oxygen atoms in total. The molecule has 0 aromatic rings. The number of nitrogens with zero attached hydrogens (tertiary/aromatic N) is 1. The van der Waals surface area contributed by atoms with E-state index in [-0.39, 0.29) is 23.8 Å². The van der Waals surface area contributed by atoms with E-state index in [2.05, 4.69) is 32.6 Å². The van der Waals surface area contributed by atoms with Crippen molar-refractivity contribution < 1.29 is 24.2 Å². The zero-order valence-electron chi connectivity index (χ0n) is 38.4. The van der Waals surface area contributed by atoms with Crippen molar-refractivity contribution in [2.75, 3.05) is 39.5 Å². The number of hydrogen-bond donors (Lipinski definition) is 1. The summed E-state index contributed by atoms with van der Waals surface area (Å²) in [5.74, 6) is 0.310. The van der Waals surface area contributed by atoms with E-state index >= 15 is 0 Å². The third kappa shape index (κ3) is 37.2. The first-order valence-corrected chi connectivity index (χ1v) is 25.2. The van der Waals surface area contributed by atoms with Crippen molar-refractivity contribution in [3.8, 4) is 0 Å². The van der Waals surface area contributed by atoms with E-state index in [9.17, 15) is 14.7 Å². The van der Waals surface area contributed by atoms with Crippen LogP contribution in [0.3, 0.4) is 0 Å². The number of ether oxygens (including phenoxy) is 2. The number of unbranched alkanes of at least 4 members (excludes halogenated alkanes) is 25. The molecule has 0 aromatic heterocycles. The lowest BCUT2D eigenvalue weighted by Gasteiger charge is -2.22. The van der Waals surface area contributed by atoms with Gasteiger partial charge in [0.1, 0.15) is 0 Å². The minimum Gasteiger partial charge on any atom is -0.465 e. The average molecular weight is 794 g/mol. The highest BCUT2D eigenvalue weighted by Gasteiger charge is 2.20. The Balaban J connectivity index is 4.48. The van der Waals surface area contributed by atoms with E-state index < -0.39 is 0 Å². The molecule has 0 rings (SSSR count). The molecule has 0 aliphatic carbocycles. The van der Waals surface area contributed by atoms with Gasteiger partial charge in [0.05, 0.1) is 25.0 Å². The fraction of sp³-hybridized carbons (Fsp3) is 0.960. The average Bonchev–Trinajstić information content (AvgIpc) is 3.20. The number of hydrogen-bond acceptors (Lipinski definition) is 6. The molecule has 2 unspecified atom stereocenters. The van der Waals surface area contributed by atoms with Gasteiger partial charge in [0.25, 0.3) is 0 Å². The summed E-state index contributed by atoms with van der Waals surface area (Å²) < 4.78 is 11.7. The minimum absolute atomic E-state index is 0.0612. The highest BCUT2D eigenvalue weighted by molar-refractivity contribution is 5.72. The third-order valence-electron chi connectivity index (χ3n) is 11.9. The van der Waals surface area contributed by atoms with Gasteiger partial charge in [-0.2, -0.15) is 0 Å². The molecule has 0 aromatic carbocycles. The maximum absolute atomic E-state index is 13.0. The van der Waals surface area contributed by atoms with E-state index in [4.69, 9.17) is 9.47 Å². The van der Waals surface area contributed by atoms with E-state index in [1.807, 2.05) is 0 Å². The number of rotatable bonds is 46. The standard InChI is InChI=1S/C50H99NO5/c1-5-9-13-17-19-29-39-47(37-27-15-11-7-3)49(53)55-45-35-25-22-32-42-51(41-31-21-24-34-44-52)43-33-23-26-36-46-56-50(54)48(38-28-16-12-8-4)40-30-20-18-14-10-6-2/h47-48,52H,5-46H2,1-4H3. The second kappa shape index (κ2) is 45.0. The van der Waals surface area contributed by atoms with Gasteiger partial charge in [0.2, 0.25) is 0 Å². The normalized spacial score (nSPS) is 12.7. The fourth-order valence-corrected chi connectivity index (χ4v) is 8.04.